The van der Waals surface area contributed by atoms with Crippen LogP contribution in [0.4, 0.5) is 0 Å². The summed E-state index contributed by atoms with van der Waals surface area (Å²) >= 11 is 0. The lowest BCUT2D eigenvalue weighted by Crippen LogP contribution is -2.13. The van der Waals surface area contributed by atoms with Crippen LogP contribution in [0.25, 0.3) is 0 Å². The number of benzene rings is 2. The van der Waals surface area contributed by atoms with Crippen molar-refractivity contribution in [2.24, 2.45) is 5.73 Å². The van der Waals surface area contributed by atoms with Gasteiger partial charge < -0.3 is 19.9 Å². The van der Waals surface area contributed by atoms with Crippen LogP contribution >= 0.6 is 0 Å². The summed E-state index contributed by atoms with van der Waals surface area (Å²) in [4.78, 5) is 0. The third-order valence-electron chi connectivity index (χ3n) is 3.58. The van der Waals surface area contributed by atoms with Crippen LogP contribution in [-0.4, -0.2) is 21.3 Å². The van der Waals surface area contributed by atoms with E-state index in [1.165, 1.54) is 0 Å². The third-order valence-corrected chi connectivity index (χ3v) is 3.58. The van der Waals surface area contributed by atoms with Gasteiger partial charge in [-0.25, -0.2) is 0 Å². The van der Waals surface area contributed by atoms with Crippen molar-refractivity contribution in [1.82, 2.24) is 0 Å². The number of rotatable bonds is 5. The first-order valence-corrected chi connectivity index (χ1v) is 6.72. The van der Waals surface area contributed by atoms with Gasteiger partial charge in [0.05, 0.1) is 27.4 Å². The van der Waals surface area contributed by atoms with Gasteiger partial charge in [0.2, 0.25) is 0 Å². The molecule has 2 rings (SSSR count). The number of hydrogen-bond donors (Lipinski definition) is 1. The van der Waals surface area contributed by atoms with Crippen LogP contribution in [0.2, 0.25) is 0 Å². The van der Waals surface area contributed by atoms with Crippen LogP contribution in [0.5, 0.6) is 17.2 Å². The number of methoxy groups -OCH3 is 3. The summed E-state index contributed by atoms with van der Waals surface area (Å²) in [5.41, 5.74) is 9.51. The molecular weight excluding hydrogens is 266 g/mol. The lowest BCUT2D eigenvalue weighted by atomic mass is 9.95. The normalized spacial score (nSPS) is 11.9. The van der Waals surface area contributed by atoms with E-state index in [9.17, 15) is 0 Å². The SMILES string of the molecule is COc1ccc(C(N)c2ccc(OC)c(OC)c2)c(C)c1. The monoisotopic (exact) mass is 287 g/mol. The number of nitrogens with two attached hydrogens (primary N) is 1. The Bertz CT molecular complexity index is 625. The minimum absolute atomic E-state index is 0.226. The Hall–Kier alpha value is -2.20. The first-order valence-electron chi connectivity index (χ1n) is 6.72. The Morgan fingerprint density at radius 3 is 2.14 bits per heavy atom. The molecule has 0 aliphatic heterocycles. The highest BCUT2D eigenvalue weighted by atomic mass is 16.5. The van der Waals surface area contributed by atoms with E-state index in [4.69, 9.17) is 19.9 Å². The predicted molar refractivity (Wildman–Crippen MR) is 83.3 cm³/mol. The Balaban J connectivity index is 2.37. The molecule has 2 aromatic carbocycles. The van der Waals surface area contributed by atoms with E-state index >= 15 is 0 Å². The molecule has 0 saturated heterocycles. The average Bonchev–Trinajstić information content (AvgIpc) is 2.53. The molecule has 4 heteroatoms. The van der Waals surface area contributed by atoms with Crippen molar-refractivity contribution in [2.75, 3.05) is 21.3 Å². The van der Waals surface area contributed by atoms with E-state index in [0.29, 0.717) is 11.5 Å². The molecule has 0 aliphatic carbocycles. The zero-order valence-electron chi connectivity index (χ0n) is 12.8. The van der Waals surface area contributed by atoms with Gasteiger partial charge in [0.25, 0.3) is 0 Å². The summed E-state index contributed by atoms with van der Waals surface area (Å²) in [6.45, 7) is 2.03. The average molecular weight is 287 g/mol. The number of aryl methyl sites for hydroxylation is 1. The molecule has 2 aromatic rings. The van der Waals surface area contributed by atoms with Gasteiger partial charge in [-0.3, -0.25) is 0 Å². The predicted octanol–water partition coefficient (Wildman–Crippen LogP) is 3.07. The second-order valence-electron chi connectivity index (χ2n) is 4.81. The second kappa shape index (κ2) is 6.50. The standard InChI is InChI=1S/C17H21NO3/c1-11-9-13(19-2)6-7-14(11)17(18)12-5-8-15(20-3)16(10-12)21-4/h5-10,17H,18H2,1-4H3. The maximum Gasteiger partial charge on any atom is 0.161 e. The van der Waals surface area contributed by atoms with Crippen molar-refractivity contribution in [3.8, 4) is 17.2 Å². The van der Waals surface area contributed by atoms with Crippen LogP contribution in [0, 0.1) is 6.92 Å². The van der Waals surface area contributed by atoms with Crippen molar-refractivity contribution < 1.29 is 14.2 Å². The molecule has 0 amide bonds. The van der Waals surface area contributed by atoms with Gasteiger partial charge in [-0.05, 0) is 47.9 Å². The van der Waals surface area contributed by atoms with Gasteiger partial charge in [0.15, 0.2) is 11.5 Å². The van der Waals surface area contributed by atoms with Gasteiger partial charge in [-0.15, -0.1) is 0 Å². The van der Waals surface area contributed by atoms with Crippen molar-refractivity contribution in [2.45, 2.75) is 13.0 Å². The number of ether oxygens (including phenoxy) is 3. The molecule has 4 nitrogen and oxygen atoms in total. The van der Waals surface area contributed by atoms with Gasteiger partial charge in [0, 0.05) is 0 Å². The maximum atomic E-state index is 6.39. The van der Waals surface area contributed by atoms with Crippen molar-refractivity contribution in [3.63, 3.8) is 0 Å². The molecule has 2 N–H and O–H groups in total. The van der Waals surface area contributed by atoms with Gasteiger partial charge >= 0.3 is 0 Å². The molecule has 0 spiro atoms. The van der Waals surface area contributed by atoms with Crippen LogP contribution < -0.4 is 19.9 Å². The second-order valence-corrected chi connectivity index (χ2v) is 4.81. The summed E-state index contributed by atoms with van der Waals surface area (Å²) in [5.74, 6) is 2.20. The molecule has 0 heterocycles. The molecular formula is C17H21NO3. The van der Waals surface area contributed by atoms with Crippen LogP contribution in [-0.2, 0) is 0 Å². The van der Waals surface area contributed by atoms with E-state index in [1.807, 2.05) is 43.3 Å². The van der Waals surface area contributed by atoms with Crippen molar-refractivity contribution in [1.29, 1.82) is 0 Å². The molecule has 1 atom stereocenters. The lowest BCUT2D eigenvalue weighted by molar-refractivity contribution is 0.354. The highest BCUT2D eigenvalue weighted by Crippen LogP contribution is 2.32. The Kier molecular flexibility index (Phi) is 4.70. The van der Waals surface area contributed by atoms with E-state index < -0.39 is 0 Å². The summed E-state index contributed by atoms with van der Waals surface area (Å²) in [6, 6.07) is 11.4. The minimum atomic E-state index is -0.226. The summed E-state index contributed by atoms with van der Waals surface area (Å²) < 4.78 is 15.8. The highest BCUT2D eigenvalue weighted by Gasteiger charge is 2.14. The van der Waals surface area contributed by atoms with Crippen molar-refractivity contribution >= 4 is 0 Å². The molecule has 112 valence electrons. The molecule has 0 radical (unpaired) electrons. The van der Waals surface area contributed by atoms with Gasteiger partial charge in [-0.2, -0.15) is 0 Å². The minimum Gasteiger partial charge on any atom is -0.497 e. The molecule has 1 unspecified atom stereocenters. The van der Waals surface area contributed by atoms with Crippen LogP contribution in [0.1, 0.15) is 22.7 Å². The van der Waals surface area contributed by atoms with Gasteiger partial charge in [0.1, 0.15) is 5.75 Å². The largest absolute Gasteiger partial charge is 0.497 e. The Morgan fingerprint density at radius 1 is 0.857 bits per heavy atom. The molecule has 21 heavy (non-hydrogen) atoms. The van der Waals surface area contributed by atoms with E-state index in [0.717, 1.165) is 22.4 Å². The van der Waals surface area contributed by atoms with E-state index in [2.05, 4.69) is 0 Å². The maximum absolute atomic E-state index is 6.39. The van der Waals surface area contributed by atoms with E-state index in [-0.39, 0.29) is 6.04 Å². The summed E-state index contributed by atoms with van der Waals surface area (Å²) in [5, 5.41) is 0. The topological polar surface area (TPSA) is 53.7 Å². The Morgan fingerprint density at radius 2 is 1.57 bits per heavy atom. The summed E-state index contributed by atoms with van der Waals surface area (Å²) in [7, 11) is 4.89. The molecule has 0 aliphatic rings. The van der Waals surface area contributed by atoms with Crippen LogP contribution in [0.15, 0.2) is 36.4 Å². The molecule has 0 saturated carbocycles. The fraction of sp³-hybridized carbons (Fsp3) is 0.294. The molecule has 0 fully saturated rings. The molecule has 0 bridgehead atoms. The fourth-order valence-corrected chi connectivity index (χ4v) is 2.35. The molecule has 0 aromatic heterocycles. The third kappa shape index (κ3) is 3.11. The van der Waals surface area contributed by atoms with Crippen LogP contribution in [0.3, 0.4) is 0 Å². The van der Waals surface area contributed by atoms with Gasteiger partial charge in [-0.1, -0.05) is 12.1 Å². The van der Waals surface area contributed by atoms with E-state index in [1.54, 1.807) is 21.3 Å². The first kappa shape index (κ1) is 15.2. The smallest absolute Gasteiger partial charge is 0.161 e. The quantitative estimate of drug-likeness (QED) is 0.918. The zero-order chi connectivity index (χ0) is 15.4. The number of hydrogen-bond acceptors (Lipinski definition) is 4. The highest BCUT2D eigenvalue weighted by molar-refractivity contribution is 5.47. The zero-order valence-corrected chi connectivity index (χ0v) is 12.8. The Labute approximate surface area is 125 Å². The first-order chi connectivity index (χ1) is 10.1. The fourth-order valence-electron chi connectivity index (χ4n) is 2.35. The summed E-state index contributed by atoms with van der Waals surface area (Å²) in [6.07, 6.45) is 0. The van der Waals surface area contributed by atoms with Crippen molar-refractivity contribution in [3.05, 3.63) is 53.1 Å². The lowest BCUT2D eigenvalue weighted by Gasteiger charge is -2.18.